The Kier molecular flexibility index (Phi) is 8.84. The predicted molar refractivity (Wildman–Crippen MR) is 127 cm³/mol. The van der Waals surface area contributed by atoms with Crippen molar-refractivity contribution in [3.63, 3.8) is 0 Å². The predicted octanol–water partition coefficient (Wildman–Crippen LogP) is 3.62. The molecule has 1 fully saturated rings. The number of carbonyl (C=O) groups is 1. The van der Waals surface area contributed by atoms with Crippen molar-refractivity contribution in [1.29, 1.82) is 0 Å². The molecule has 1 aliphatic rings. The van der Waals surface area contributed by atoms with Crippen LogP contribution in [0.15, 0.2) is 42.5 Å². The van der Waals surface area contributed by atoms with E-state index in [0.29, 0.717) is 23.8 Å². The Morgan fingerprint density at radius 3 is 2.53 bits per heavy atom. The van der Waals surface area contributed by atoms with Crippen LogP contribution in [-0.2, 0) is 6.54 Å². The molecule has 1 aliphatic heterocycles. The molecular weight excluding hydrogens is 430 g/mol. The van der Waals surface area contributed by atoms with Crippen LogP contribution < -0.4 is 10.6 Å². The molecule has 0 atom stereocenters. The number of hydrogen-bond donors (Lipinski definition) is 2. The molecule has 32 heavy (non-hydrogen) atoms. The van der Waals surface area contributed by atoms with Gasteiger partial charge >= 0.3 is 0 Å². The van der Waals surface area contributed by atoms with Gasteiger partial charge in [0, 0.05) is 55.9 Å². The Morgan fingerprint density at radius 1 is 1.12 bits per heavy atom. The van der Waals surface area contributed by atoms with Crippen LogP contribution in [0.25, 0.3) is 0 Å². The van der Waals surface area contributed by atoms with Crippen LogP contribution in [0.5, 0.6) is 0 Å². The van der Waals surface area contributed by atoms with Gasteiger partial charge in [-0.05, 0) is 43.3 Å². The van der Waals surface area contributed by atoms with Crippen molar-refractivity contribution in [3.8, 4) is 0 Å². The Labute approximate surface area is 193 Å². The molecule has 0 unspecified atom stereocenters. The fourth-order valence-corrected chi connectivity index (χ4v) is 3.94. The monoisotopic (exact) mass is 459 g/mol. The standard InChI is InChI=1S/C23H30ClN5O3/c1-2-27-12-14-28(15-13-27)11-5-10-25-23(30)18-8-9-21(22(16-18)29(31)32)26-17-19-6-3-4-7-20(19)24/h3-4,6-9,16,26H,2,5,10-15,17H2,1H3,(H,25,30). The second-order valence-corrected chi connectivity index (χ2v) is 8.23. The van der Waals surface area contributed by atoms with Crippen LogP contribution >= 0.6 is 11.6 Å². The maximum atomic E-state index is 12.5. The molecule has 1 heterocycles. The highest BCUT2D eigenvalue weighted by atomic mass is 35.5. The zero-order valence-electron chi connectivity index (χ0n) is 18.3. The lowest BCUT2D eigenvalue weighted by Gasteiger charge is -2.33. The number of nitrogens with zero attached hydrogens (tertiary/aromatic N) is 3. The van der Waals surface area contributed by atoms with Crippen LogP contribution in [-0.4, -0.2) is 66.4 Å². The zero-order valence-corrected chi connectivity index (χ0v) is 19.1. The molecule has 0 bridgehead atoms. The Bertz CT molecular complexity index is 932. The third-order valence-corrected chi connectivity index (χ3v) is 6.10. The number of hydrogen-bond acceptors (Lipinski definition) is 6. The molecule has 0 saturated carbocycles. The number of likely N-dealkylation sites (N-methyl/N-ethyl adjacent to an activating group) is 1. The van der Waals surface area contributed by atoms with Gasteiger partial charge in [-0.3, -0.25) is 14.9 Å². The first kappa shape index (κ1) is 24.0. The van der Waals surface area contributed by atoms with Crippen molar-refractivity contribution in [2.45, 2.75) is 19.9 Å². The summed E-state index contributed by atoms with van der Waals surface area (Å²) in [6.07, 6.45) is 0.845. The minimum Gasteiger partial charge on any atom is -0.375 e. The van der Waals surface area contributed by atoms with E-state index < -0.39 is 4.92 Å². The first-order valence-electron chi connectivity index (χ1n) is 11.0. The Hall–Kier alpha value is -2.68. The number of rotatable bonds is 10. The lowest BCUT2D eigenvalue weighted by molar-refractivity contribution is -0.384. The highest BCUT2D eigenvalue weighted by Crippen LogP contribution is 2.27. The molecule has 172 valence electrons. The number of anilines is 1. The van der Waals surface area contributed by atoms with Crippen molar-refractivity contribution < 1.29 is 9.72 Å². The van der Waals surface area contributed by atoms with Gasteiger partial charge in [0.25, 0.3) is 11.6 Å². The fourth-order valence-electron chi connectivity index (χ4n) is 3.74. The number of benzene rings is 2. The van der Waals surface area contributed by atoms with Gasteiger partial charge in [0.1, 0.15) is 5.69 Å². The summed E-state index contributed by atoms with van der Waals surface area (Å²) in [5.74, 6) is -0.304. The van der Waals surface area contributed by atoms with Gasteiger partial charge in [0.05, 0.1) is 4.92 Å². The summed E-state index contributed by atoms with van der Waals surface area (Å²) in [6, 6.07) is 11.8. The normalized spacial score (nSPS) is 14.8. The summed E-state index contributed by atoms with van der Waals surface area (Å²) in [6.45, 7) is 9.36. The van der Waals surface area contributed by atoms with E-state index >= 15 is 0 Å². The lowest BCUT2D eigenvalue weighted by atomic mass is 10.1. The van der Waals surface area contributed by atoms with Gasteiger partial charge in [-0.1, -0.05) is 36.7 Å². The number of nitrogens with one attached hydrogen (secondary N) is 2. The minimum absolute atomic E-state index is 0.140. The van der Waals surface area contributed by atoms with Gasteiger partial charge in [-0.2, -0.15) is 0 Å². The van der Waals surface area contributed by atoms with E-state index in [1.165, 1.54) is 6.07 Å². The highest BCUT2D eigenvalue weighted by molar-refractivity contribution is 6.31. The maximum absolute atomic E-state index is 12.5. The van der Waals surface area contributed by atoms with Crippen LogP contribution in [0.4, 0.5) is 11.4 Å². The largest absolute Gasteiger partial charge is 0.375 e. The van der Waals surface area contributed by atoms with E-state index in [9.17, 15) is 14.9 Å². The third-order valence-electron chi connectivity index (χ3n) is 5.73. The minimum atomic E-state index is -0.484. The first-order chi connectivity index (χ1) is 15.5. The summed E-state index contributed by atoms with van der Waals surface area (Å²) in [4.78, 5) is 28.4. The summed E-state index contributed by atoms with van der Waals surface area (Å²) in [5.41, 5.74) is 1.31. The van der Waals surface area contributed by atoms with Gasteiger partial charge in [-0.15, -0.1) is 0 Å². The molecule has 0 aromatic heterocycles. The first-order valence-corrected chi connectivity index (χ1v) is 11.3. The molecule has 2 aromatic carbocycles. The summed E-state index contributed by atoms with van der Waals surface area (Å²) in [7, 11) is 0. The van der Waals surface area contributed by atoms with Gasteiger partial charge in [0.2, 0.25) is 0 Å². The SMILES string of the molecule is CCN1CCN(CCCNC(=O)c2ccc(NCc3ccccc3Cl)c([N+](=O)[O-])c2)CC1. The number of amides is 1. The molecule has 9 heteroatoms. The van der Waals surface area contributed by atoms with E-state index in [4.69, 9.17) is 11.6 Å². The van der Waals surface area contributed by atoms with E-state index in [2.05, 4.69) is 27.4 Å². The van der Waals surface area contributed by atoms with Crippen molar-refractivity contribution in [1.82, 2.24) is 15.1 Å². The average Bonchev–Trinajstić information content (AvgIpc) is 2.81. The van der Waals surface area contributed by atoms with Gasteiger partial charge in [0.15, 0.2) is 0 Å². The number of halogens is 1. The fraction of sp³-hybridized carbons (Fsp3) is 0.435. The van der Waals surface area contributed by atoms with E-state index in [1.807, 2.05) is 18.2 Å². The quantitative estimate of drug-likeness (QED) is 0.320. The van der Waals surface area contributed by atoms with Gasteiger partial charge < -0.3 is 20.4 Å². The van der Waals surface area contributed by atoms with Crippen molar-refractivity contribution in [2.24, 2.45) is 0 Å². The molecule has 8 nitrogen and oxygen atoms in total. The molecule has 1 amide bonds. The second kappa shape index (κ2) is 11.8. The third kappa shape index (κ3) is 6.66. The van der Waals surface area contributed by atoms with Gasteiger partial charge in [-0.25, -0.2) is 0 Å². The highest BCUT2D eigenvalue weighted by Gasteiger charge is 2.18. The molecular formula is C23H30ClN5O3. The Morgan fingerprint density at radius 2 is 1.84 bits per heavy atom. The number of carbonyl (C=O) groups excluding carboxylic acids is 1. The molecule has 0 radical (unpaired) electrons. The Balaban J connectivity index is 1.51. The van der Waals surface area contributed by atoms with Crippen molar-refractivity contribution in [3.05, 3.63) is 68.7 Å². The molecule has 2 N–H and O–H groups in total. The van der Waals surface area contributed by atoms with Crippen LogP contribution in [0.3, 0.4) is 0 Å². The van der Waals surface area contributed by atoms with E-state index in [-0.39, 0.29) is 17.2 Å². The maximum Gasteiger partial charge on any atom is 0.293 e. The summed E-state index contributed by atoms with van der Waals surface area (Å²) < 4.78 is 0. The molecule has 2 aromatic rings. The zero-order chi connectivity index (χ0) is 22.9. The molecule has 3 rings (SSSR count). The summed E-state index contributed by atoms with van der Waals surface area (Å²) >= 11 is 6.15. The number of nitro benzene ring substituents is 1. The average molecular weight is 460 g/mol. The van der Waals surface area contributed by atoms with E-state index in [0.717, 1.165) is 51.3 Å². The van der Waals surface area contributed by atoms with Crippen LogP contribution in [0.1, 0.15) is 29.3 Å². The van der Waals surface area contributed by atoms with Crippen molar-refractivity contribution >= 4 is 28.9 Å². The lowest BCUT2D eigenvalue weighted by Crippen LogP contribution is -2.46. The molecule has 0 spiro atoms. The van der Waals surface area contributed by atoms with Crippen LogP contribution in [0.2, 0.25) is 5.02 Å². The number of piperazine rings is 1. The topological polar surface area (TPSA) is 90.8 Å². The molecule has 1 saturated heterocycles. The smallest absolute Gasteiger partial charge is 0.293 e. The van der Waals surface area contributed by atoms with Crippen LogP contribution in [0, 0.1) is 10.1 Å². The van der Waals surface area contributed by atoms with Crippen molar-refractivity contribution in [2.75, 3.05) is 51.1 Å². The second-order valence-electron chi connectivity index (χ2n) is 7.82. The molecule has 0 aliphatic carbocycles. The van der Waals surface area contributed by atoms with E-state index in [1.54, 1.807) is 18.2 Å². The summed E-state index contributed by atoms with van der Waals surface area (Å²) in [5, 5.41) is 18.1. The number of nitro groups is 1.